The Morgan fingerprint density at radius 3 is 2.11 bits per heavy atom. The number of aromatic nitrogens is 5. The molecule has 3 aromatic rings. The highest BCUT2D eigenvalue weighted by Gasteiger charge is 2.28. The average molecular weight is 547 g/mol. The summed E-state index contributed by atoms with van der Waals surface area (Å²) >= 11 is 1.59. The van der Waals surface area contributed by atoms with E-state index < -0.39 is 0 Å². The fraction of sp³-hybridized carbons (Fsp3) is 0.556. The number of anilines is 1. The Balaban J connectivity index is 0.000000773. The van der Waals surface area contributed by atoms with Gasteiger partial charge in [0.2, 0.25) is 5.95 Å². The molecule has 0 spiro atoms. The molecule has 10 nitrogen and oxygen atoms in total. The van der Waals surface area contributed by atoms with E-state index in [4.69, 9.17) is 19.7 Å². The first kappa shape index (κ1) is 31.3. The van der Waals surface area contributed by atoms with Gasteiger partial charge in [-0.3, -0.25) is 9.29 Å². The summed E-state index contributed by atoms with van der Waals surface area (Å²) in [6, 6.07) is 5.79. The molecule has 1 unspecified atom stereocenters. The van der Waals surface area contributed by atoms with Gasteiger partial charge in [-0.15, -0.1) is 10.2 Å². The van der Waals surface area contributed by atoms with E-state index in [9.17, 15) is 0 Å². The third kappa shape index (κ3) is 8.85. The molecule has 0 bridgehead atoms. The molecule has 1 aliphatic rings. The topological polar surface area (TPSA) is 127 Å². The van der Waals surface area contributed by atoms with Crippen LogP contribution in [0.5, 0.6) is 11.5 Å². The summed E-state index contributed by atoms with van der Waals surface area (Å²) < 4.78 is 16.9. The second-order valence-electron chi connectivity index (χ2n) is 9.21. The van der Waals surface area contributed by atoms with Crippen molar-refractivity contribution in [2.75, 3.05) is 26.1 Å². The van der Waals surface area contributed by atoms with Crippen molar-refractivity contribution in [3.8, 4) is 17.2 Å². The monoisotopic (exact) mass is 546 g/mol. The molecule has 0 aliphatic heterocycles. The highest BCUT2D eigenvalue weighted by molar-refractivity contribution is 8.01. The number of aliphatic hydroxyl groups excluding tert-OH is 2. The normalized spacial score (nSPS) is 13.7. The molecule has 0 radical (unpaired) electrons. The van der Waals surface area contributed by atoms with Gasteiger partial charge in [-0.25, -0.2) is 9.97 Å². The quantitative estimate of drug-likeness (QED) is 0.324. The van der Waals surface area contributed by atoms with Crippen LogP contribution in [0.4, 0.5) is 5.95 Å². The van der Waals surface area contributed by atoms with E-state index in [1.807, 2.05) is 37.5 Å². The van der Waals surface area contributed by atoms with Gasteiger partial charge in [0.25, 0.3) is 0 Å². The van der Waals surface area contributed by atoms with Crippen molar-refractivity contribution in [1.29, 1.82) is 0 Å². The fourth-order valence-electron chi connectivity index (χ4n) is 4.06. The molecule has 1 fully saturated rings. The van der Waals surface area contributed by atoms with Crippen LogP contribution in [0.1, 0.15) is 69.6 Å². The molecule has 38 heavy (non-hydrogen) atoms. The molecule has 3 N–H and O–H groups in total. The van der Waals surface area contributed by atoms with Crippen molar-refractivity contribution in [2.24, 2.45) is 0 Å². The van der Waals surface area contributed by atoms with Gasteiger partial charge in [0.1, 0.15) is 28.8 Å². The van der Waals surface area contributed by atoms with Crippen molar-refractivity contribution in [1.82, 2.24) is 24.7 Å². The Morgan fingerprint density at radius 1 is 1.03 bits per heavy atom. The predicted octanol–water partition coefficient (Wildman–Crippen LogP) is 4.73. The lowest BCUT2D eigenvalue weighted by Gasteiger charge is -2.19. The lowest BCUT2D eigenvalue weighted by molar-refractivity contribution is 0.216. The SMILES string of the molecule is CC(C)O.CO.COc1cccc(OC)c1-n1c(NSC(C)Cc2ncc(C)cn2)nnc1C1CCCC1. The van der Waals surface area contributed by atoms with Gasteiger partial charge < -0.3 is 19.7 Å². The number of hydrogen-bond acceptors (Lipinski definition) is 10. The molecule has 0 amide bonds. The van der Waals surface area contributed by atoms with E-state index in [0.29, 0.717) is 11.9 Å². The molecular formula is C27H42N6O4S. The Kier molecular flexibility index (Phi) is 13.3. The lowest BCUT2D eigenvalue weighted by Crippen LogP contribution is -2.12. The smallest absolute Gasteiger partial charge is 0.239 e. The van der Waals surface area contributed by atoms with Crippen LogP contribution >= 0.6 is 11.9 Å². The molecule has 1 aliphatic carbocycles. The first-order chi connectivity index (χ1) is 18.3. The van der Waals surface area contributed by atoms with Crippen LogP contribution in [-0.2, 0) is 6.42 Å². The van der Waals surface area contributed by atoms with E-state index >= 15 is 0 Å². The average Bonchev–Trinajstić information content (AvgIpc) is 3.59. The van der Waals surface area contributed by atoms with Crippen molar-refractivity contribution < 1.29 is 19.7 Å². The van der Waals surface area contributed by atoms with Gasteiger partial charge in [-0.05, 0) is 63.3 Å². The number of nitrogens with zero attached hydrogens (tertiary/aromatic N) is 5. The van der Waals surface area contributed by atoms with Gasteiger partial charge >= 0.3 is 0 Å². The molecule has 2 heterocycles. The Labute approximate surface area is 230 Å². The van der Waals surface area contributed by atoms with Crippen LogP contribution in [0, 0.1) is 6.92 Å². The van der Waals surface area contributed by atoms with Crippen LogP contribution in [0.2, 0.25) is 0 Å². The van der Waals surface area contributed by atoms with Crippen LogP contribution in [-0.4, -0.2) is 67.6 Å². The molecule has 1 aromatic carbocycles. The zero-order valence-corrected chi connectivity index (χ0v) is 24.3. The molecule has 11 heteroatoms. The zero-order chi connectivity index (χ0) is 28.1. The standard InChI is InChI=1S/C23H30N6O2S.C3H8O.CH4O/c1-15-13-24-20(25-14-15)12-16(2)32-28-23-27-26-22(17-8-5-6-9-17)29(23)21-18(30-3)10-7-11-19(21)31-4;1-3(2)4;1-2/h7,10-11,13-14,16-17H,5-6,8-9,12H2,1-4H3,(H,27,28);3-4H,1-2H3;2H,1H3. The van der Waals surface area contributed by atoms with E-state index in [1.54, 1.807) is 40.0 Å². The summed E-state index contributed by atoms with van der Waals surface area (Å²) in [5.74, 6) is 4.25. The number of aliphatic hydroxyl groups is 2. The summed E-state index contributed by atoms with van der Waals surface area (Å²) in [5, 5.41) is 24.4. The molecule has 4 rings (SSSR count). The molecule has 0 saturated heterocycles. The van der Waals surface area contributed by atoms with Gasteiger partial charge in [-0.2, -0.15) is 0 Å². The van der Waals surface area contributed by atoms with Crippen LogP contribution in [0.25, 0.3) is 5.69 Å². The molecule has 2 aromatic heterocycles. The number of methoxy groups -OCH3 is 2. The molecule has 1 atom stereocenters. The van der Waals surface area contributed by atoms with E-state index in [0.717, 1.165) is 60.8 Å². The highest BCUT2D eigenvalue weighted by Crippen LogP contribution is 2.40. The zero-order valence-electron chi connectivity index (χ0n) is 23.5. The van der Waals surface area contributed by atoms with E-state index in [-0.39, 0.29) is 11.4 Å². The van der Waals surface area contributed by atoms with Gasteiger partial charge in [0.15, 0.2) is 0 Å². The van der Waals surface area contributed by atoms with Crippen molar-refractivity contribution >= 4 is 17.9 Å². The van der Waals surface area contributed by atoms with E-state index in [1.165, 1.54) is 12.8 Å². The summed E-state index contributed by atoms with van der Waals surface area (Å²) in [7, 11) is 4.34. The third-order valence-electron chi connectivity index (χ3n) is 5.69. The molecular weight excluding hydrogens is 504 g/mol. The number of hydrogen-bond donors (Lipinski definition) is 3. The van der Waals surface area contributed by atoms with Crippen LogP contribution in [0.15, 0.2) is 30.6 Å². The van der Waals surface area contributed by atoms with E-state index in [2.05, 4.69) is 36.4 Å². The maximum absolute atomic E-state index is 8.06. The number of nitrogens with one attached hydrogen (secondary N) is 1. The highest BCUT2D eigenvalue weighted by atomic mass is 32.2. The Morgan fingerprint density at radius 2 is 1.58 bits per heavy atom. The summed E-state index contributed by atoms with van der Waals surface area (Å²) in [6.45, 7) is 7.58. The van der Waals surface area contributed by atoms with Gasteiger partial charge in [0.05, 0.1) is 14.2 Å². The lowest BCUT2D eigenvalue weighted by atomic mass is 10.1. The van der Waals surface area contributed by atoms with Gasteiger partial charge in [0, 0.05) is 43.2 Å². The van der Waals surface area contributed by atoms with Crippen LogP contribution < -0.4 is 14.2 Å². The van der Waals surface area contributed by atoms with Crippen molar-refractivity contribution in [3.05, 3.63) is 47.8 Å². The number of rotatable bonds is 9. The summed E-state index contributed by atoms with van der Waals surface area (Å²) in [6.07, 6.45) is 8.95. The predicted molar refractivity (Wildman–Crippen MR) is 152 cm³/mol. The minimum atomic E-state index is -0.167. The largest absolute Gasteiger partial charge is 0.494 e. The molecule has 210 valence electrons. The van der Waals surface area contributed by atoms with Crippen molar-refractivity contribution in [2.45, 2.75) is 77.1 Å². The minimum absolute atomic E-state index is 0.167. The maximum atomic E-state index is 8.06. The van der Waals surface area contributed by atoms with Gasteiger partial charge in [-0.1, -0.05) is 25.8 Å². The molecule has 1 saturated carbocycles. The summed E-state index contributed by atoms with van der Waals surface area (Å²) in [5.41, 5.74) is 1.88. The van der Waals surface area contributed by atoms with Crippen molar-refractivity contribution in [3.63, 3.8) is 0 Å². The Hall–Kier alpha value is -2.89. The number of benzene rings is 1. The maximum Gasteiger partial charge on any atom is 0.239 e. The number of aryl methyl sites for hydroxylation is 1. The second-order valence-corrected chi connectivity index (χ2v) is 10.5. The fourth-order valence-corrected chi connectivity index (χ4v) is 4.73. The first-order valence-electron chi connectivity index (χ1n) is 12.8. The number of ether oxygens (including phenoxy) is 2. The Bertz CT molecular complexity index is 1060. The minimum Gasteiger partial charge on any atom is -0.494 e. The third-order valence-corrected chi connectivity index (χ3v) is 6.56. The van der Waals surface area contributed by atoms with Crippen LogP contribution in [0.3, 0.4) is 0 Å². The number of para-hydroxylation sites is 1. The first-order valence-corrected chi connectivity index (χ1v) is 13.7. The summed E-state index contributed by atoms with van der Waals surface area (Å²) in [4.78, 5) is 8.84. The second kappa shape index (κ2) is 16.2.